The molecule has 1 N–H and O–H groups in total. The quantitative estimate of drug-likeness (QED) is 0.841. The number of benzene rings is 1. The molecule has 0 unspecified atom stereocenters. The number of pyridine rings is 1. The molecule has 0 atom stereocenters. The van der Waals surface area contributed by atoms with Crippen molar-refractivity contribution in [3.63, 3.8) is 0 Å². The van der Waals surface area contributed by atoms with Crippen molar-refractivity contribution in [2.75, 3.05) is 6.54 Å². The van der Waals surface area contributed by atoms with E-state index in [1.54, 1.807) is 6.20 Å². The summed E-state index contributed by atoms with van der Waals surface area (Å²) in [5, 5.41) is 5.19. The molecule has 1 aromatic carbocycles. The Morgan fingerprint density at radius 2 is 2.05 bits per heavy atom. The van der Waals surface area contributed by atoms with Crippen LogP contribution in [0.2, 0.25) is 5.15 Å². The lowest BCUT2D eigenvalue weighted by Gasteiger charge is -2.15. The van der Waals surface area contributed by atoms with Gasteiger partial charge in [-0.25, -0.2) is 4.98 Å². The number of nitrogens with zero attached hydrogens (tertiary/aromatic N) is 1. The van der Waals surface area contributed by atoms with Crippen LogP contribution in [0, 0.1) is 5.41 Å². The maximum absolute atomic E-state index is 12.5. The molecular formula is C17H19ClN2O. The zero-order valence-electron chi connectivity index (χ0n) is 12.2. The second kappa shape index (κ2) is 5.64. The monoisotopic (exact) mass is 302 g/mol. The van der Waals surface area contributed by atoms with Crippen molar-refractivity contribution in [2.45, 2.75) is 32.6 Å². The number of carbonyl (C=O) groups excluding carboxylic acids is 1. The third kappa shape index (κ3) is 2.88. The fourth-order valence-electron chi connectivity index (χ4n) is 2.92. The van der Waals surface area contributed by atoms with Gasteiger partial charge in [-0.3, -0.25) is 4.79 Å². The van der Waals surface area contributed by atoms with Crippen molar-refractivity contribution < 1.29 is 4.79 Å². The summed E-state index contributed by atoms with van der Waals surface area (Å²) in [5.41, 5.74) is 0.947. The maximum atomic E-state index is 12.5. The molecule has 0 aliphatic heterocycles. The highest BCUT2D eigenvalue weighted by molar-refractivity contribution is 6.34. The summed E-state index contributed by atoms with van der Waals surface area (Å²) >= 11 is 6.09. The van der Waals surface area contributed by atoms with Gasteiger partial charge < -0.3 is 5.32 Å². The molecule has 1 aliphatic carbocycles. The van der Waals surface area contributed by atoms with E-state index in [9.17, 15) is 4.79 Å². The maximum Gasteiger partial charge on any atom is 0.253 e. The number of hydrogen-bond acceptors (Lipinski definition) is 2. The molecule has 4 heteroatoms. The average molecular weight is 303 g/mol. The van der Waals surface area contributed by atoms with Crippen molar-refractivity contribution in [3.05, 3.63) is 41.2 Å². The number of halogens is 1. The minimum atomic E-state index is -0.0576. The fraction of sp³-hybridized carbons (Fsp3) is 0.412. The summed E-state index contributed by atoms with van der Waals surface area (Å²) < 4.78 is 0. The first-order valence-electron chi connectivity index (χ1n) is 7.47. The first-order chi connectivity index (χ1) is 10.2. The zero-order chi connectivity index (χ0) is 14.9. The number of carbonyl (C=O) groups is 1. The molecular weight excluding hydrogens is 284 g/mol. The SMILES string of the molecule is CCCC1(CNC(=O)c2cnc(Cl)c3ccccc23)CC1. The molecule has 0 radical (unpaired) electrons. The van der Waals surface area contributed by atoms with Crippen LogP contribution in [0.3, 0.4) is 0 Å². The molecule has 1 amide bonds. The highest BCUT2D eigenvalue weighted by Gasteiger charge is 2.41. The molecule has 1 saturated carbocycles. The van der Waals surface area contributed by atoms with Crippen LogP contribution in [0.1, 0.15) is 43.0 Å². The highest BCUT2D eigenvalue weighted by atomic mass is 35.5. The van der Waals surface area contributed by atoms with Gasteiger partial charge in [-0.15, -0.1) is 0 Å². The van der Waals surface area contributed by atoms with Gasteiger partial charge in [0.2, 0.25) is 0 Å². The Balaban J connectivity index is 1.81. The molecule has 21 heavy (non-hydrogen) atoms. The lowest BCUT2D eigenvalue weighted by molar-refractivity contribution is 0.0945. The summed E-state index contributed by atoms with van der Waals surface area (Å²) in [6.45, 7) is 2.95. The van der Waals surface area contributed by atoms with E-state index < -0.39 is 0 Å². The summed E-state index contributed by atoms with van der Waals surface area (Å²) in [4.78, 5) is 16.6. The number of fused-ring (bicyclic) bond motifs is 1. The van der Waals surface area contributed by atoms with Crippen LogP contribution in [0.25, 0.3) is 10.8 Å². The lowest BCUT2D eigenvalue weighted by Crippen LogP contribution is -2.30. The topological polar surface area (TPSA) is 42.0 Å². The van der Waals surface area contributed by atoms with Gasteiger partial charge in [0.05, 0.1) is 5.56 Å². The minimum Gasteiger partial charge on any atom is -0.351 e. The zero-order valence-corrected chi connectivity index (χ0v) is 12.9. The van der Waals surface area contributed by atoms with Crippen LogP contribution in [0.15, 0.2) is 30.5 Å². The molecule has 1 heterocycles. The predicted octanol–water partition coefficient (Wildman–Crippen LogP) is 4.20. The molecule has 3 rings (SSSR count). The highest BCUT2D eigenvalue weighted by Crippen LogP contribution is 2.48. The van der Waals surface area contributed by atoms with Gasteiger partial charge >= 0.3 is 0 Å². The first kappa shape index (κ1) is 14.3. The summed E-state index contributed by atoms with van der Waals surface area (Å²) in [5.74, 6) is -0.0576. The molecule has 0 bridgehead atoms. The van der Waals surface area contributed by atoms with E-state index in [1.165, 1.54) is 25.7 Å². The fourth-order valence-corrected chi connectivity index (χ4v) is 3.14. The molecule has 2 aromatic rings. The van der Waals surface area contributed by atoms with Crippen LogP contribution in [0.4, 0.5) is 0 Å². The van der Waals surface area contributed by atoms with Crippen LogP contribution >= 0.6 is 11.6 Å². The largest absolute Gasteiger partial charge is 0.351 e. The molecule has 1 aromatic heterocycles. The van der Waals surface area contributed by atoms with Crippen LogP contribution in [0.5, 0.6) is 0 Å². The van der Waals surface area contributed by atoms with Gasteiger partial charge in [-0.1, -0.05) is 49.2 Å². The standard InChI is InChI=1S/C17H19ClN2O/c1-2-7-17(8-9-17)11-20-16(21)14-10-19-15(18)13-6-4-3-5-12(13)14/h3-6,10H,2,7-9,11H2,1H3,(H,20,21). The number of rotatable bonds is 5. The van der Waals surface area contributed by atoms with Gasteiger partial charge in [0.15, 0.2) is 0 Å². The van der Waals surface area contributed by atoms with Crippen molar-refractivity contribution in [1.29, 1.82) is 0 Å². The van der Waals surface area contributed by atoms with Crippen LogP contribution in [-0.4, -0.2) is 17.4 Å². The summed E-state index contributed by atoms with van der Waals surface area (Å²) in [7, 11) is 0. The van der Waals surface area contributed by atoms with Gasteiger partial charge in [-0.05, 0) is 30.1 Å². The predicted molar refractivity (Wildman–Crippen MR) is 85.7 cm³/mol. The Hall–Kier alpha value is -1.61. The molecule has 1 fully saturated rings. The number of hydrogen-bond donors (Lipinski definition) is 1. The van der Waals surface area contributed by atoms with Crippen molar-refractivity contribution in [3.8, 4) is 0 Å². The van der Waals surface area contributed by atoms with E-state index in [4.69, 9.17) is 11.6 Å². The summed E-state index contributed by atoms with van der Waals surface area (Å²) in [6, 6.07) is 7.62. The van der Waals surface area contributed by atoms with Crippen molar-refractivity contribution in [1.82, 2.24) is 10.3 Å². The first-order valence-corrected chi connectivity index (χ1v) is 7.84. The minimum absolute atomic E-state index is 0.0576. The van der Waals surface area contributed by atoms with E-state index in [2.05, 4.69) is 17.2 Å². The number of nitrogens with one attached hydrogen (secondary N) is 1. The summed E-state index contributed by atoms with van der Waals surface area (Å²) in [6.07, 6.45) is 6.37. The van der Waals surface area contributed by atoms with Gasteiger partial charge in [0.1, 0.15) is 5.15 Å². The smallest absolute Gasteiger partial charge is 0.253 e. The Bertz CT molecular complexity index is 680. The van der Waals surface area contributed by atoms with Crippen molar-refractivity contribution >= 4 is 28.3 Å². The molecule has 1 aliphatic rings. The van der Waals surface area contributed by atoms with Crippen LogP contribution < -0.4 is 5.32 Å². The normalized spacial score (nSPS) is 15.9. The van der Waals surface area contributed by atoms with Crippen molar-refractivity contribution in [2.24, 2.45) is 5.41 Å². The molecule has 0 spiro atoms. The van der Waals surface area contributed by atoms with E-state index in [0.717, 1.165) is 17.3 Å². The van der Waals surface area contributed by atoms with E-state index in [-0.39, 0.29) is 5.91 Å². The Morgan fingerprint density at radius 3 is 2.71 bits per heavy atom. The molecule has 0 saturated heterocycles. The number of amides is 1. The van der Waals surface area contributed by atoms with E-state index in [0.29, 0.717) is 16.1 Å². The Kier molecular flexibility index (Phi) is 3.85. The third-order valence-corrected chi connectivity index (χ3v) is 4.65. The second-order valence-corrected chi connectivity index (χ2v) is 6.30. The average Bonchev–Trinajstić information content (AvgIpc) is 3.26. The van der Waals surface area contributed by atoms with Crippen LogP contribution in [-0.2, 0) is 0 Å². The Morgan fingerprint density at radius 1 is 1.33 bits per heavy atom. The second-order valence-electron chi connectivity index (χ2n) is 5.94. The van der Waals surface area contributed by atoms with E-state index in [1.807, 2.05) is 24.3 Å². The van der Waals surface area contributed by atoms with Gasteiger partial charge in [0, 0.05) is 18.1 Å². The van der Waals surface area contributed by atoms with Gasteiger partial charge in [-0.2, -0.15) is 0 Å². The molecule has 3 nitrogen and oxygen atoms in total. The molecule has 110 valence electrons. The number of aromatic nitrogens is 1. The van der Waals surface area contributed by atoms with Gasteiger partial charge in [0.25, 0.3) is 5.91 Å². The third-order valence-electron chi connectivity index (χ3n) is 4.35. The van der Waals surface area contributed by atoms with E-state index >= 15 is 0 Å². The Labute approximate surface area is 129 Å². The lowest BCUT2D eigenvalue weighted by atomic mass is 10.0.